The normalized spacial score (nSPS) is 11.5. The summed E-state index contributed by atoms with van der Waals surface area (Å²) in [6.07, 6.45) is -3.25. The minimum absolute atomic E-state index is 0.00774. The smallest absolute Gasteiger partial charge is 0.325 e. The molecule has 0 bridgehead atoms. The van der Waals surface area contributed by atoms with Crippen LogP contribution in [0.2, 0.25) is 0 Å². The van der Waals surface area contributed by atoms with Crippen molar-refractivity contribution in [3.05, 3.63) is 106 Å². The van der Waals surface area contributed by atoms with E-state index < -0.39 is 23.2 Å². The fourth-order valence-electron chi connectivity index (χ4n) is 3.89. The number of rotatable bonds is 5. The topological polar surface area (TPSA) is 64.0 Å². The average Bonchev–Trinajstić information content (AvgIpc) is 3.31. The Bertz CT molecular complexity index is 1610. The van der Waals surface area contributed by atoms with Crippen molar-refractivity contribution in [2.24, 2.45) is 0 Å². The molecule has 5 rings (SSSR count). The van der Waals surface area contributed by atoms with Crippen molar-refractivity contribution in [2.75, 3.05) is 5.32 Å². The molecule has 1 N–H and O–H groups in total. The highest BCUT2D eigenvalue weighted by molar-refractivity contribution is 7.17. The Morgan fingerprint density at radius 1 is 0.917 bits per heavy atom. The number of nitrogens with one attached hydrogen (secondary N) is 1. The summed E-state index contributed by atoms with van der Waals surface area (Å²) in [4.78, 5) is 30.6. The third-order valence-corrected chi connectivity index (χ3v) is 6.54. The Morgan fingerprint density at radius 3 is 2.33 bits per heavy atom. The molecule has 0 aliphatic carbocycles. The summed E-state index contributed by atoms with van der Waals surface area (Å²) in [6.45, 7) is -0.389. The first-order valence-electron chi connectivity index (χ1n) is 10.9. The molecule has 2 heterocycles. The van der Waals surface area contributed by atoms with Gasteiger partial charge in [0, 0.05) is 16.6 Å². The third-order valence-electron chi connectivity index (χ3n) is 5.65. The van der Waals surface area contributed by atoms with E-state index in [4.69, 9.17) is 0 Å². The lowest BCUT2D eigenvalue weighted by Gasteiger charge is -2.11. The van der Waals surface area contributed by atoms with Crippen LogP contribution in [-0.4, -0.2) is 15.5 Å². The molecule has 0 aliphatic heterocycles. The van der Waals surface area contributed by atoms with Gasteiger partial charge in [0.05, 0.1) is 17.3 Å². The molecule has 0 aliphatic rings. The zero-order chi connectivity index (χ0) is 25.3. The van der Waals surface area contributed by atoms with Gasteiger partial charge in [-0.05, 0) is 34.9 Å². The summed E-state index contributed by atoms with van der Waals surface area (Å²) < 4.78 is 40.0. The van der Waals surface area contributed by atoms with Crippen LogP contribution >= 0.6 is 11.3 Å². The molecule has 0 unspecified atom stereocenters. The highest BCUT2D eigenvalue weighted by Gasteiger charge is 2.30. The molecule has 2 aromatic heterocycles. The Kier molecular flexibility index (Phi) is 6.15. The number of hydrogen-bond donors (Lipinski definition) is 1. The third kappa shape index (κ3) is 4.78. The fourth-order valence-corrected chi connectivity index (χ4v) is 4.80. The number of carbonyl (C=O) groups excluding carboxylic acids is 1. The van der Waals surface area contributed by atoms with E-state index in [1.807, 2.05) is 60.0 Å². The van der Waals surface area contributed by atoms with Crippen molar-refractivity contribution >= 4 is 33.1 Å². The van der Waals surface area contributed by atoms with E-state index in [1.54, 1.807) is 0 Å². The van der Waals surface area contributed by atoms with Crippen molar-refractivity contribution < 1.29 is 18.0 Å². The largest absolute Gasteiger partial charge is 0.416 e. The average molecular weight is 506 g/mol. The van der Waals surface area contributed by atoms with Gasteiger partial charge in [-0.1, -0.05) is 60.7 Å². The number of hydrogen-bond acceptors (Lipinski definition) is 4. The molecule has 0 spiro atoms. The lowest BCUT2D eigenvalue weighted by atomic mass is 10.0. The van der Waals surface area contributed by atoms with Crippen LogP contribution in [0.15, 0.2) is 95.4 Å². The molecule has 36 heavy (non-hydrogen) atoms. The van der Waals surface area contributed by atoms with Crippen LogP contribution in [-0.2, 0) is 17.5 Å². The molecule has 5 nitrogen and oxygen atoms in total. The second-order valence-corrected chi connectivity index (χ2v) is 8.94. The van der Waals surface area contributed by atoms with Crippen LogP contribution in [0.5, 0.6) is 0 Å². The first kappa shape index (κ1) is 23.5. The molecule has 0 atom stereocenters. The van der Waals surface area contributed by atoms with E-state index in [1.165, 1.54) is 29.8 Å². The van der Waals surface area contributed by atoms with Gasteiger partial charge in [0.25, 0.3) is 5.56 Å². The van der Waals surface area contributed by atoms with E-state index in [0.717, 1.165) is 33.4 Å². The Morgan fingerprint density at radius 2 is 1.61 bits per heavy atom. The zero-order valence-electron chi connectivity index (χ0n) is 18.6. The van der Waals surface area contributed by atoms with Gasteiger partial charge in [-0.2, -0.15) is 13.2 Å². The van der Waals surface area contributed by atoms with Gasteiger partial charge < -0.3 is 5.32 Å². The van der Waals surface area contributed by atoms with Crippen LogP contribution < -0.4 is 10.9 Å². The quantitative estimate of drug-likeness (QED) is 0.299. The molecule has 9 heteroatoms. The van der Waals surface area contributed by atoms with E-state index in [9.17, 15) is 22.8 Å². The van der Waals surface area contributed by atoms with Gasteiger partial charge in [0.15, 0.2) is 0 Å². The number of nitrogens with zero attached hydrogens (tertiary/aromatic N) is 2. The molecule has 0 fully saturated rings. The Balaban J connectivity index is 1.40. The number of thiophene rings is 1. The van der Waals surface area contributed by atoms with Crippen molar-refractivity contribution in [3.63, 3.8) is 0 Å². The van der Waals surface area contributed by atoms with Crippen LogP contribution in [0.3, 0.4) is 0 Å². The molecular formula is C27H18F3N3O2S. The highest BCUT2D eigenvalue weighted by atomic mass is 32.1. The summed E-state index contributed by atoms with van der Waals surface area (Å²) in [6, 6.07) is 22.1. The number of carbonyl (C=O) groups is 1. The lowest BCUT2D eigenvalue weighted by molar-refractivity contribution is -0.137. The Labute approximate surface area is 207 Å². The molecule has 0 radical (unpaired) electrons. The van der Waals surface area contributed by atoms with Crippen LogP contribution in [0, 0.1) is 0 Å². The van der Waals surface area contributed by atoms with E-state index in [2.05, 4.69) is 10.3 Å². The van der Waals surface area contributed by atoms with Crippen LogP contribution in [0.25, 0.3) is 32.5 Å². The minimum atomic E-state index is -4.53. The predicted octanol–water partition coefficient (Wildman–Crippen LogP) is 6.45. The summed E-state index contributed by atoms with van der Waals surface area (Å²) in [7, 11) is 0. The van der Waals surface area contributed by atoms with Crippen LogP contribution in [0.4, 0.5) is 18.9 Å². The van der Waals surface area contributed by atoms with Crippen molar-refractivity contribution in [1.29, 1.82) is 0 Å². The molecule has 1 amide bonds. The van der Waals surface area contributed by atoms with Crippen molar-refractivity contribution in [1.82, 2.24) is 9.55 Å². The monoisotopic (exact) mass is 505 g/mol. The fraction of sp³-hybridized carbons (Fsp3) is 0.0741. The number of halogens is 3. The lowest BCUT2D eigenvalue weighted by Crippen LogP contribution is -2.27. The number of aromatic nitrogens is 2. The second-order valence-electron chi connectivity index (χ2n) is 8.08. The van der Waals surface area contributed by atoms with E-state index in [-0.39, 0.29) is 12.2 Å². The maximum absolute atomic E-state index is 13.2. The van der Waals surface area contributed by atoms with Crippen molar-refractivity contribution in [2.45, 2.75) is 12.7 Å². The van der Waals surface area contributed by atoms with E-state index >= 15 is 0 Å². The SMILES string of the molecule is O=C(Cn1cnc2scc(-c3ccc(-c4ccccc4)cc3)c2c1=O)Nc1cccc(C(F)(F)F)c1. The summed E-state index contributed by atoms with van der Waals surface area (Å²) >= 11 is 1.33. The molecule has 5 aromatic rings. The molecular weight excluding hydrogens is 487 g/mol. The first-order chi connectivity index (χ1) is 17.3. The van der Waals surface area contributed by atoms with Gasteiger partial charge in [0.1, 0.15) is 11.4 Å². The maximum Gasteiger partial charge on any atom is 0.416 e. The van der Waals surface area contributed by atoms with Gasteiger partial charge in [-0.3, -0.25) is 14.2 Å². The molecule has 180 valence electrons. The number of fused-ring (bicyclic) bond motifs is 1. The first-order valence-corrected chi connectivity index (χ1v) is 11.8. The van der Waals surface area contributed by atoms with Gasteiger partial charge in [-0.15, -0.1) is 11.3 Å². The Hall–Kier alpha value is -4.24. The van der Waals surface area contributed by atoms with E-state index in [0.29, 0.717) is 15.8 Å². The minimum Gasteiger partial charge on any atom is -0.325 e. The zero-order valence-corrected chi connectivity index (χ0v) is 19.4. The summed E-state index contributed by atoms with van der Waals surface area (Å²) in [5.74, 6) is -0.637. The summed E-state index contributed by atoms with van der Waals surface area (Å²) in [5, 5.41) is 4.66. The second kappa shape index (κ2) is 9.43. The highest BCUT2D eigenvalue weighted by Crippen LogP contribution is 2.32. The number of alkyl halides is 3. The number of benzene rings is 3. The van der Waals surface area contributed by atoms with Crippen molar-refractivity contribution in [3.8, 4) is 22.3 Å². The number of anilines is 1. The maximum atomic E-state index is 13.2. The van der Waals surface area contributed by atoms with Gasteiger partial charge >= 0.3 is 6.18 Å². The molecule has 3 aromatic carbocycles. The van der Waals surface area contributed by atoms with Gasteiger partial charge in [-0.25, -0.2) is 4.98 Å². The van der Waals surface area contributed by atoms with Crippen LogP contribution in [0.1, 0.15) is 5.56 Å². The molecule has 0 saturated heterocycles. The summed E-state index contributed by atoms with van der Waals surface area (Å²) in [5.41, 5.74) is 2.39. The predicted molar refractivity (Wildman–Crippen MR) is 135 cm³/mol. The number of amides is 1. The standard InChI is InChI=1S/C27H18F3N3O2S/c28-27(29,30)20-7-4-8-21(13-20)32-23(34)14-33-16-31-25-24(26(33)35)22(15-36-25)19-11-9-18(10-12-19)17-5-2-1-3-6-17/h1-13,15-16H,14H2,(H,32,34). The molecule has 0 saturated carbocycles. The van der Waals surface area contributed by atoms with Gasteiger partial charge in [0.2, 0.25) is 5.91 Å².